The number of halogens is 2. The van der Waals surface area contributed by atoms with E-state index in [0.717, 1.165) is 55.3 Å². The van der Waals surface area contributed by atoms with Gasteiger partial charge < -0.3 is 18.7 Å². The Kier molecular flexibility index (Phi) is 16.5. The van der Waals surface area contributed by atoms with Crippen LogP contribution in [0.25, 0.3) is 21.8 Å². The van der Waals surface area contributed by atoms with Crippen LogP contribution in [-0.2, 0) is 38.8 Å². The Hall–Kier alpha value is -6.91. The highest BCUT2D eigenvalue weighted by atomic mass is 28.4. The number of amides is 2. The molecule has 0 saturated heterocycles. The summed E-state index contributed by atoms with van der Waals surface area (Å²) >= 11 is 0. The first kappa shape index (κ1) is 56.3. The zero-order chi connectivity index (χ0) is 55.8. The average Bonchev–Trinajstić information content (AvgIpc) is 4.32. The highest BCUT2D eigenvalue weighted by molar-refractivity contribution is 6.79. The van der Waals surface area contributed by atoms with Crippen molar-refractivity contribution in [3.8, 4) is 17.6 Å². The number of pyridine rings is 2. The molecule has 0 radical (unpaired) electrons. The predicted octanol–water partition coefficient (Wildman–Crippen LogP) is 13.4. The lowest BCUT2D eigenvalue weighted by atomic mass is 9.93. The van der Waals surface area contributed by atoms with Gasteiger partial charge >= 0.3 is 0 Å². The fourth-order valence-corrected chi connectivity index (χ4v) is 23.3. The van der Waals surface area contributed by atoms with Gasteiger partial charge in [-0.1, -0.05) is 113 Å². The number of nitrogens with one attached hydrogen (secondary N) is 1. The lowest BCUT2D eigenvalue weighted by molar-refractivity contribution is 0.0807. The van der Waals surface area contributed by atoms with Crippen LogP contribution >= 0.6 is 0 Å². The number of H-pyrrole nitrogens is 1. The number of nitriles is 1. The van der Waals surface area contributed by atoms with Crippen molar-refractivity contribution in [1.82, 2.24) is 40.4 Å². The zero-order valence-corrected chi connectivity index (χ0v) is 49.1. The van der Waals surface area contributed by atoms with Crippen molar-refractivity contribution in [3.63, 3.8) is 0 Å². The molecule has 1 N–H and O–H groups in total. The number of tetrazole rings is 1. The number of carbonyl (C=O) groups excluding carboxylic acids is 2. The normalized spacial score (nSPS) is 13.7. The fourth-order valence-electron chi connectivity index (χ4n) is 12.8. The predicted molar refractivity (Wildman–Crippen MR) is 303 cm³/mol. The molecule has 0 aliphatic carbocycles. The lowest BCUT2D eigenvalue weighted by Crippen LogP contribution is -2.51. The van der Waals surface area contributed by atoms with E-state index in [0.29, 0.717) is 105 Å². The molecule has 13 nitrogen and oxygen atoms in total. The van der Waals surface area contributed by atoms with E-state index in [9.17, 15) is 23.6 Å². The molecule has 5 heterocycles. The summed E-state index contributed by atoms with van der Waals surface area (Å²) in [4.78, 5) is 40.5. The summed E-state index contributed by atoms with van der Waals surface area (Å²) in [6.07, 6.45) is 5.43. The van der Waals surface area contributed by atoms with E-state index in [1.807, 2.05) is 19.4 Å². The summed E-state index contributed by atoms with van der Waals surface area (Å²) in [5.41, 5.74) is 11.9. The van der Waals surface area contributed by atoms with Crippen LogP contribution in [0.5, 0.6) is 11.5 Å². The second-order valence-corrected chi connectivity index (χ2v) is 33.7. The Balaban J connectivity index is 0.000000204. The average molecular weight is 1080 g/mol. The Morgan fingerprint density at radius 2 is 0.987 bits per heavy atom. The van der Waals surface area contributed by atoms with E-state index >= 15 is 0 Å². The second-order valence-electron chi connectivity index (χ2n) is 22.9. The molecule has 17 heteroatoms. The Labute approximate surface area is 454 Å². The smallest absolute Gasteiger partial charge is 0.258 e. The van der Waals surface area contributed by atoms with Crippen molar-refractivity contribution in [3.05, 3.63) is 146 Å². The van der Waals surface area contributed by atoms with Gasteiger partial charge in [0.2, 0.25) is 0 Å². The van der Waals surface area contributed by atoms with Crippen molar-refractivity contribution in [2.24, 2.45) is 0 Å². The molecule has 0 fully saturated rings. The van der Waals surface area contributed by atoms with Gasteiger partial charge in [0.05, 0.1) is 23.6 Å². The molecule has 0 unspecified atom stereocenters. The Bertz CT molecular complexity index is 3320. The van der Waals surface area contributed by atoms with Gasteiger partial charge in [0.25, 0.3) is 28.4 Å². The van der Waals surface area contributed by atoms with Crippen LogP contribution in [0.4, 0.5) is 8.78 Å². The van der Waals surface area contributed by atoms with E-state index in [2.05, 4.69) is 122 Å². The molecule has 7 aromatic rings. The van der Waals surface area contributed by atoms with E-state index in [1.54, 1.807) is 41.1 Å². The van der Waals surface area contributed by atoms with Crippen LogP contribution in [0, 0.1) is 23.0 Å². The molecule has 0 saturated carbocycles. The Morgan fingerprint density at radius 1 is 0.597 bits per heavy atom. The summed E-state index contributed by atoms with van der Waals surface area (Å²) in [6.45, 7) is 27.7. The largest absolute Gasteiger partial charge is 0.541 e. The van der Waals surface area contributed by atoms with Crippen LogP contribution < -0.4 is 8.85 Å². The van der Waals surface area contributed by atoms with Gasteiger partial charge in [-0.2, -0.15) is 10.5 Å². The second kappa shape index (κ2) is 22.6. The molecule has 9 rings (SSSR count). The van der Waals surface area contributed by atoms with Crippen molar-refractivity contribution in [2.45, 2.75) is 155 Å². The minimum absolute atomic E-state index is 0.0578. The van der Waals surface area contributed by atoms with Gasteiger partial charge in [-0.05, 0) is 127 Å². The molecule has 0 spiro atoms. The fraction of sp³-hybridized carbons (Fsp3) is 0.433. The van der Waals surface area contributed by atoms with Crippen LogP contribution in [0.3, 0.4) is 0 Å². The molecule has 0 atom stereocenters. The first-order valence-electron chi connectivity index (χ1n) is 26.9. The van der Waals surface area contributed by atoms with Crippen molar-refractivity contribution in [2.75, 3.05) is 14.1 Å². The highest BCUT2D eigenvalue weighted by Gasteiger charge is 2.50. The molecule has 3 aromatic heterocycles. The van der Waals surface area contributed by atoms with Crippen molar-refractivity contribution < 1.29 is 27.2 Å². The minimum atomic E-state index is -2.43. The summed E-state index contributed by atoms with van der Waals surface area (Å²) in [5.74, 6) is 1.06. The number of fused-ring (bicyclic) bond motifs is 4. The SMILES string of the molecule is CC(C)[Si](Oc1c2c(c(CC#N)c3cc(Cc4ccc(F)cc4)cnc13)CN(C)C2=O)(C(C)C)C(C)C.CC(C)[Si](Oc1c2c(c(Cc3nn[nH]n3)c3cc(Cc4ccc(F)cc4)cnc13)CN(C)C2=O)(C(C)C)C(C)C. The third kappa shape index (κ3) is 10.6. The molecule has 2 aliphatic rings. The highest BCUT2D eigenvalue weighted by Crippen LogP contribution is 2.50. The lowest BCUT2D eigenvalue weighted by Gasteiger charge is -2.42. The molecule has 4 aromatic carbocycles. The van der Waals surface area contributed by atoms with Crippen LogP contribution in [-0.4, -0.2) is 82.9 Å². The van der Waals surface area contributed by atoms with E-state index in [1.165, 1.54) is 24.3 Å². The molecular weight excluding hydrogens is 1000 g/mol. The van der Waals surface area contributed by atoms with Crippen LogP contribution in [0.15, 0.2) is 73.1 Å². The number of benzene rings is 4. The number of rotatable bonds is 17. The van der Waals surface area contributed by atoms with Gasteiger partial charge in [-0.25, -0.2) is 8.78 Å². The minimum Gasteiger partial charge on any atom is -0.541 e. The molecule has 77 heavy (non-hydrogen) atoms. The number of aromatic nitrogens is 6. The van der Waals surface area contributed by atoms with E-state index in [4.69, 9.17) is 18.8 Å². The maximum Gasteiger partial charge on any atom is 0.258 e. The van der Waals surface area contributed by atoms with Gasteiger partial charge in [0.15, 0.2) is 5.82 Å². The maximum atomic E-state index is 13.7. The third-order valence-electron chi connectivity index (χ3n) is 16.3. The van der Waals surface area contributed by atoms with Gasteiger partial charge in [-0.3, -0.25) is 19.6 Å². The molecule has 2 amide bonds. The molecule has 2 aliphatic heterocycles. The van der Waals surface area contributed by atoms with E-state index in [-0.39, 0.29) is 29.9 Å². The van der Waals surface area contributed by atoms with E-state index < -0.39 is 16.6 Å². The topological polar surface area (TPSA) is 163 Å². The Morgan fingerprint density at radius 3 is 1.35 bits per heavy atom. The standard InChI is InChI=1S/C30H37FN6O2Si.C30H36FN3O2Si/c1-17(2)40(18(3)4,19(5)6)39-29-27-25(16-37(7)30(27)38)23(14-26-33-35-36-34-26)24-13-21(15-32-28(24)29)12-20-8-10-22(31)11-9-20;1-18(2)37(19(3)4,20(5)6)36-29-27-26(17-34(7)30(27)35)24(12-13-32)25-15-22(16-33-28(25)29)14-21-8-10-23(31)11-9-21/h8-11,13,15,17-19H,12,14,16H2,1-7H3,(H,33,34,35,36);8-11,15-16,18-20H,12,14,17H2,1-7H3. The summed E-state index contributed by atoms with van der Waals surface area (Å²) in [7, 11) is -1.22. The van der Waals surface area contributed by atoms with Crippen LogP contribution in [0.2, 0.25) is 33.2 Å². The van der Waals surface area contributed by atoms with Gasteiger partial charge in [0, 0.05) is 56.8 Å². The summed E-state index contributed by atoms with van der Waals surface area (Å²) in [6, 6.07) is 19.5. The zero-order valence-electron chi connectivity index (χ0n) is 47.1. The summed E-state index contributed by atoms with van der Waals surface area (Å²) in [5, 5.41) is 26.2. The number of hydrogen-bond acceptors (Lipinski definition) is 10. The van der Waals surface area contributed by atoms with Crippen LogP contribution in [0.1, 0.15) is 154 Å². The van der Waals surface area contributed by atoms with Crippen molar-refractivity contribution in [1.29, 1.82) is 5.26 Å². The third-order valence-corrected chi connectivity index (χ3v) is 28.2. The molecule has 0 bridgehead atoms. The number of aromatic amines is 1. The van der Waals surface area contributed by atoms with Crippen molar-refractivity contribution >= 4 is 50.3 Å². The molecule has 404 valence electrons. The quantitative estimate of drug-likeness (QED) is 0.0868. The number of carbonyl (C=O) groups is 2. The molecular formula is C60H73F2N9O4Si2. The maximum absolute atomic E-state index is 13.7. The van der Waals surface area contributed by atoms with Gasteiger partial charge in [-0.15, -0.1) is 10.2 Å². The first-order valence-corrected chi connectivity index (χ1v) is 31.2. The van der Waals surface area contributed by atoms with Gasteiger partial charge in [0.1, 0.15) is 34.2 Å². The summed E-state index contributed by atoms with van der Waals surface area (Å²) < 4.78 is 41.4. The first-order chi connectivity index (χ1) is 36.5. The number of hydrogen-bond donors (Lipinski definition) is 1. The monoisotopic (exact) mass is 1080 g/mol. The number of nitrogens with zero attached hydrogens (tertiary/aromatic N) is 8.